The van der Waals surface area contributed by atoms with Crippen LogP contribution in [0.1, 0.15) is 37.5 Å². The molecule has 0 aliphatic carbocycles. The molecule has 0 aromatic heterocycles. The Morgan fingerprint density at radius 3 is 2.35 bits per heavy atom. The van der Waals surface area contributed by atoms with E-state index in [0.29, 0.717) is 17.2 Å². The maximum atomic E-state index is 13.9. The molecule has 2 aromatic carbocycles. The molecule has 9 heteroatoms. The van der Waals surface area contributed by atoms with Gasteiger partial charge in [0.1, 0.15) is 23.7 Å². The number of rotatable bonds is 10. The summed E-state index contributed by atoms with van der Waals surface area (Å²) in [4.78, 5) is 33.8. The molecule has 3 rings (SSSR count). The predicted molar refractivity (Wildman–Crippen MR) is 122 cm³/mol. The Labute approximate surface area is 198 Å². The van der Waals surface area contributed by atoms with Crippen molar-refractivity contribution < 1.29 is 33.4 Å². The molecule has 3 unspecified atom stereocenters. The van der Waals surface area contributed by atoms with Crippen LogP contribution in [-0.2, 0) is 25.7 Å². The molecule has 8 nitrogen and oxygen atoms in total. The molecule has 184 valence electrons. The summed E-state index contributed by atoms with van der Waals surface area (Å²) in [6, 6.07) is 10.7. The number of nitrogens with zero attached hydrogens (tertiary/aromatic N) is 2. The van der Waals surface area contributed by atoms with Crippen LogP contribution >= 0.6 is 0 Å². The summed E-state index contributed by atoms with van der Waals surface area (Å²) in [6.07, 6.45) is -0.987. The number of aliphatic hydroxyl groups is 1. The Hall–Kier alpha value is -2.85. The molecule has 2 amide bonds. The Balaban J connectivity index is 2.06. The minimum absolute atomic E-state index is 0.108. The van der Waals surface area contributed by atoms with E-state index in [2.05, 4.69) is 0 Å². The first-order chi connectivity index (χ1) is 16.3. The standard InChI is InChI=1S/C25H31FN2O6/c1-16(2)12-21-24(30)28(34-15-32-3)25(31)22(23(29)18-6-5-7-19(26)13-18)27(21)14-17-8-10-20(33-4)11-9-17/h5-11,13,16,21-23,29H,12,14-15H2,1-4H3. The molecule has 0 radical (unpaired) electrons. The van der Waals surface area contributed by atoms with Crippen LogP contribution in [0, 0.1) is 11.7 Å². The van der Waals surface area contributed by atoms with Crippen molar-refractivity contribution in [2.75, 3.05) is 21.0 Å². The van der Waals surface area contributed by atoms with E-state index in [1.807, 2.05) is 26.0 Å². The third kappa shape index (κ3) is 5.79. The minimum atomic E-state index is -1.40. The van der Waals surface area contributed by atoms with Crippen molar-refractivity contribution in [2.24, 2.45) is 5.92 Å². The van der Waals surface area contributed by atoms with Crippen LogP contribution in [0.2, 0.25) is 0 Å². The number of amides is 2. The zero-order chi connectivity index (χ0) is 24.8. The normalized spacial score (nSPS) is 20.1. The van der Waals surface area contributed by atoms with Crippen molar-refractivity contribution in [2.45, 2.75) is 45.0 Å². The molecule has 1 fully saturated rings. The molecule has 3 atom stereocenters. The quantitative estimate of drug-likeness (QED) is 0.418. The molecule has 0 spiro atoms. The van der Waals surface area contributed by atoms with E-state index >= 15 is 0 Å². The van der Waals surface area contributed by atoms with Gasteiger partial charge in [0, 0.05) is 13.7 Å². The van der Waals surface area contributed by atoms with E-state index in [4.69, 9.17) is 14.3 Å². The second kappa shape index (κ2) is 11.5. The first-order valence-electron chi connectivity index (χ1n) is 11.1. The summed E-state index contributed by atoms with van der Waals surface area (Å²) in [5.74, 6) is -1.04. The summed E-state index contributed by atoms with van der Waals surface area (Å²) in [6.45, 7) is 3.82. The Morgan fingerprint density at radius 1 is 1.06 bits per heavy atom. The van der Waals surface area contributed by atoms with Gasteiger partial charge < -0.3 is 14.6 Å². The Morgan fingerprint density at radius 2 is 1.76 bits per heavy atom. The Kier molecular flexibility index (Phi) is 8.73. The van der Waals surface area contributed by atoms with E-state index < -0.39 is 35.8 Å². The predicted octanol–water partition coefficient (Wildman–Crippen LogP) is 3.06. The zero-order valence-corrected chi connectivity index (χ0v) is 19.8. The number of aliphatic hydroxyl groups excluding tert-OH is 1. The third-order valence-electron chi connectivity index (χ3n) is 5.70. The number of hydroxylamine groups is 2. The van der Waals surface area contributed by atoms with E-state index in [-0.39, 0.29) is 24.8 Å². The minimum Gasteiger partial charge on any atom is -0.497 e. The molecular formula is C25H31FN2O6. The molecule has 34 heavy (non-hydrogen) atoms. The average molecular weight is 475 g/mol. The van der Waals surface area contributed by atoms with Gasteiger partial charge in [-0.25, -0.2) is 9.23 Å². The highest BCUT2D eigenvalue weighted by atomic mass is 19.1. The number of benzene rings is 2. The number of halogens is 1. The monoisotopic (exact) mass is 474 g/mol. The molecule has 0 saturated carbocycles. The smallest absolute Gasteiger partial charge is 0.274 e. The van der Waals surface area contributed by atoms with Crippen molar-refractivity contribution in [3.05, 3.63) is 65.5 Å². The summed E-state index contributed by atoms with van der Waals surface area (Å²) in [7, 11) is 2.94. The van der Waals surface area contributed by atoms with Gasteiger partial charge >= 0.3 is 0 Å². The van der Waals surface area contributed by atoms with Crippen molar-refractivity contribution in [1.29, 1.82) is 0 Å². The molecule has 2 aromatic rings. The lowest BCUT2D eigenvalue weighted by Gasteiger charge is -2.45. The van der Waals surface area contributed by atoms with Crippen molar-refractivity contribution in [3.63, 3.8) is 0 Å². The van der Waals surface area contributed by atoms with Crippen LogP contribution in [0.15, 0.2) is 48.5 Å². The van der Waals surface area contributed by atoms with Crippen molar-refractivity contribution in [1.82, 2.24) is 9.96 Å². The second-order valence-corrected chi connectivity index (χ2v) is 8.62. The zero-order valence-electron chi connectivity index (χ0n) is 19.8. The van der Waals surface area contributed by atoms with E-state index in [1.165, 1.54) is 25.3 Å². The molecule has 1 aliphatic heterocycles. The van der Waals surface area contributed by atoms with Gasteiger partial charge in [-0.1, -0.05) is 38.1 Å². The molecular weight excluding hydrogens is 443 g/mol. The number of carbonyl (C=O) groups is 2. The summed E-state index contributed by atoms with van der Waals surface area (Å²) < 4.78 is 24.0. The van der Waals surface area contributed by atoms with Gasteiger partial charge in [0.05, 0.1) is 13.2 Å². The van der Waals surface area contributed by atoms with Gasteiger partial charge in [0.15, 0.2) is 6.79 Å². The molecule has 1 N–H and O–H groups in total. The van der Waals surface area contributed by atoms with Crippen LogP contribution in [0.25, 0.3) is 0 Å². The number of piperazine rings is 1. The number of methoxy groups -OCH3 is 2. The van der Waals surface area contributed by atoms with Crippen LogP contribution in [-0.4, -0.2) is 60.0 Å². The lowest BCUT2D eigenvalue weighted by molar-refractivity contribution is -0.238. The van der Waals surface area contributed by atoms with Gasteiger partial charge in [-0.15, -0.1) is 5.06 Å². The number of hydrogen-bond acceptors (Lipinski definition) is 7. The molecule has 0 bridgehead atoms. The number of carbonyl (C=O) groups excluding carboxylic acids is 2. The second-order valence-electron chi connectivity index (χ2n) is 8.62. The van der Waals surface area contributed by atoms with Crippen LogP contribution in [0.3, 0.4) is 0 Å². The van der Waals surface area contributed by atoms with Crippen molar-refractivity contribution >= 4 is 11.8 Å². The molecule has 1 heterocycles. The summed E-state index contributed by atoms with van der Waals surface area (Å²) in [5.41, 5.74) is 1.04. The van der Waals surface area contributed by atoms with Gasteiger partial charge in [0.2, 0.25) is 0 Å². The lowest BCUT2D eigenvalue weighted by Crippen LogP contribution is -2.66. The van der Waals surface area contributed by atoms with Crippen LogP contribution in [0.5, 0.6) is 5.75 Å². The highest BCUT2D eigenvalue weighted by molar-refractivity contribution is 6.02. The fourth-order valence-electron chi connectivity index (χ4n) is 4.10. The average Bonchev–Trinajstić information content (AvgIpc) is 2.81. The topological polar surface area (TPSA) is 88.5 Å². The van der Waals surface area contributed by atoms with Crippen molar-refractivity contribution in [3.8, 4) is 5.75 Å². The molecule has 1 saturated heterocycles. The maximum absolute atomic E-state index is 13.9. The van der Waals surface area contributed by atoms with Gasteiger partial charge in [-0.05, 0) is 47.7 Å². The summed E-state index contributed by atoms with van der Waals surface area (Å²) in [5, 5.41) is 12.0. The highest BCUT2D eigenvalue weighted by Crippen LogP contribution is 2.33. The van der Waals surface area contributed by atoms with E-state index in [1.54, 1.807) is 30.2 Å². The third-order valence-corrected chi connectivity index (χ3v) is 5.70. The number of imide groups is 1. The number of hydrogen-bond donors (Lipinski definition) is 1. The van der Waals surface area contributed by atoms with Gasteiger partial charge in [0.25, 0.3) is 11.8 Å². The SMILES string of the molecule is COCON1C(=O)C(CC(C)C)N(Cc2ccc(OC)cc2)C(C(O)c2cccc(F)c2)C1=O. The lowest BCUT2D eigenvalue weighted by atomic mass is 9.91. The fourth-order valence-corrected chi connectivity index (χ4v) is 4.10. The van der Waals surface area contributed by atoms with Crippen LogP contribution in [0.4, 0.5) is 4.39 Å². The largest absolute Gasteiger partial charge is 0.497 e. The first kappa shape index (κ1) is 25.8. The maximum Gasteiger partial charge on any atom is 0.274 e. The van der Waals surface area contributed by atoms with Gasteiger partial charge in [-0.3, -0.25) is 14.5 Å². The molecule has 1 aliphatic rings. The van der Waals surface area contributed by atoms with Crippen LogP contribution < -0.4 is 4.74 Å². The van der Waals surface area contributed by atoms with E-state index in [9.17, 15) is 19.1 Å². The fraction of sp³-hybridized carbons (Fsp3) is 0.440. The van der Waals surface area contributed by atoms with Gasteiger partial charge in [-0.2, -0.15) is 0 Å². The highest BCUT2D eigenvalue weighted by Gasteiger charge is 2.50. The number of ether oxygens (including phenoxy) is 2. The summed E-state index contributed by atoms with van der Waals surface area (Å²) >= 11 is 0. The first-order valence-corrected chi connectivity index (χ1v) is 11.1. The van der Waals surface area contributed by atoms with E-state index in [0.717, 1.165) is 5.56 Å². The Bertz CT molecular complexity index is 984.